The molecule has 0 bridgehead atoms. The highest BCUT2D eigenvalue weighted by Crippen LogP contribution is 2.54. The Hall–Kier alpha value is -1.87. The molecule has 4 nitrogen and oxygen atoms in total. The normalized spacial score (nSPS) is 21.5. The summed E-state index contributed by atoms with van der Waals surface area (Å²) in [5, 5.41) is 1.71. The molecule has 3 rings (SSSR count). The third-order valence-corrected chi connectivity index (χ3v) is 6.04. The van der Waals surface area contributed by atoms with Crippen LogP contribution in [0.5, 0.6) is 0 Å². The molecule has 1 N–H and O–H groups in total. The second-order valence-corrected chi connectivity index (χ2v) is 9.61. The van der Waals surface area contributed by atoms with Gasteiger partial charge < -0.3 is 5.32 Å². The molecule has 1 aliphatic heterocycles. The lowest BCUT2D eigenvalue weighted by molar-refractivity contribution is -0.167. The van der Waals surface area contributed by atoms with Crippen molar-refractivity contribution in [2.75, 3.05) is 4.90 Å². The first-order chi connectivity index (χ1) is 14.0. The van der Waals surface area contributed by atoms with E-state index < -0.39 is 26.7 Å². The number of allylic oxidation sites excluding steroid dienone is 1. The van der Waals surface area contributed by atoms with Crippen molar-refractivity contribution in [1.82, 2.24) is 5.32 Å². The quantitative estimate of drug-likeness (QED) is 0.411. The van der Waals surface area contributed by atoms with Crippen molar-refractivity contribution in [1.29, 1.82) is 0 Å². The SMILES string of the molecule is O=C1NC(c2ccccc2)(C(F)(F)F)S/C(=C\C(=O)C(Cl)(Cl)Cl)N1c1ccccc1. The number of thioether (sulfide) groups is 1. The Morgan fingerprint density at radius 1 is 1.00 bits per heavy atom. The largest absolute Gasteiger partial charge is 0.425 e. The summed E-state index contributed by atoms with van der Waals surface area (Å²) in [6.45, 7) is 0. The number of anilines is 1. The molecule has 0 aliphatic carbocycles. The Morgan fingerprint density at radius 2 is 1.53 bits per heavy atom. The van der Waals surface area contributed by atoms with Gasteiger partial charge in [0.25, 0.3) is 3.79 Å². The van der Waals surface area contributed by atoms with E-state index in [-0.39, 0.29) is 28.0 Å². The first kappa shape index (κ1) is 22.8. The molecule has 1 aliphatic rings. The number of hydrogen-bond acceptors (Lipinski definition) is 3. The van der Waals surface area contributed by atoms with E-state index in [2.05, 4.69) is 5.32 Å². The Labute approximate surface area is 189 Å². The maximum atomic E-state index is 14.3. The van der Waals surface area contributed by atoms with E-state index in [1.165, 1.54) is 36.4 Å². The number of carbonyl (C=O) groups is 2. The first-order valence-corrected chi connectivity index (χ1v) is 10.2. The highest BCUT2D eigenvalue weighted by Gasteiger charge is 2.61. The van der Waals surface area contributed by atoms with Gasteiger partial charge in [-0.05, 0) is 17.7 Å². The van der Waals surface area contributed by atoms with Gasteiger partial charge in [-0.2, -0.15) is 13.2 Å². The maximum absolute atomic E-state index is 14.3. The number of nitrogens with one attached hydrogen (secondary N) is 1. The molecule has 1 atom stereocenters. The van der Waals surface area contributed by atoms with Crippen LogP contribution in [0.2, 0.25) is 0 Å². The molecule has 0 aromatic heterocycles. The number of hydrogen-bond donors (Lipinski definition) is 1. The molecule has 158 valence electrons. The van der Waals surface area contributed by atoms with Crippen LogP contribution in [-0.2, 0) is 9.67 Å². The lowest BCUT2D eigenvalue weighted by Crippen LogP contribution is -2.61. The van der Waals surface area contributed by atoms with Crippen LogP contribution < -0.4 is 10.2 Å². The van der Waals surface area contributed by atoms with Crippen LogP contribution in [0.1, 0.15) is 5.56 Å². The van der Waals surface area contributed by atoms with Gasteiger partial charge in [0.2, 0.25) is 10.7 Å². The summed E-state index contributed by atoms with van der Waals surface area (Å²) in [5.41, 5.74) is 0.00509. The van der Waals surface area contributed by atoms with E-state index in [0.717, 1.165) is 11.0 Å². The van der Waals surface area contributed by atoms with Crippen molar-refractivity contribution in [2.24, 2.45) is 0 Å². The van der Waals surface area contributed by atoms with Crippen LogP contribution in [0.15, 0.2) is 71.8 Å². The summed E-state index contributed by atoms with van der Waals surface area (Å²) >= 11 is 17.0. The van der Waals surface area contributed by atoms with E-state index >= 15 is 0 Å². The average Bonchev–Trinajstić information content (AvgIpc) is 2.67. The molecule has 1 unspecified atom stereocenters. The van der Waals surface area contributed by atoms with Crippen molar-refractivity contribution in [2.45, 2.75) is 14.8 Å². The Bertz CT molecular complexity index is 982. The number of rotatable bonds is 3. The van der Waals surface area contributed by atoms with Gasteiger partial charge in [0, 0.05) is 6.08 Å². The van der Waals surface area contributed by atoms with Crippen molar-refractivity contribution in [3.63, 3.8) is 0 Å². The second-order valence-electron chi connectivity index (χ2n) is 6.09. The van der Waals surface area contributed by atoms with Gasteiger partial charge in [-0.15, -0.1) is 0 Å². The summed E-state index contributed by atoms with van der Waals surface area (Å²) in [4.78, 5) is 23.3. The van der Waals surface area contributed by atoms with Crippen LogP contribution in [0.4, 0.5) is 23.7 Å². The fourth-order valence-electron chi connectivity index (χ4n) is 2.74. The smallest absolute Gasteiger partial charge is 0.311 e. The summed E-state index contributed by atoms with van der Waals surface area (Å²) in [6.07, 6.45) is -4.19. The molecule has 0 saturated carbocycles. The van der Waals surface area contributed by atoms with Gasteiger partial charge in [0.05, 0.1) is 10.7 Å². The number of urea groups is 1. The van der Waals surface area contributed by atoms with Crippen LogP contribution in [0.25, 0.3) is 0 Å². The second kappa shape index (κ2) is 8.34. The minimum atomic E-state index is -4.92. The predicted molar refractivity (Wildman–Crippen MR) is 113 cm³/mol. The molecule has 1 fully saturated rings. The number of alkyl halides is 6. The molecule has 2 aromatic rings. The van der Waals surface area contributed by atoms with Gasteiger partial charge in [-0.3, -0.25) is 9.69 Å². The van der Waals surface area contributed by atoms with E-state index in [4.69, 9.17) is 34.8 Å². The van der Waals surface area contributed by atoms with E-state index in [9.17, 15) is 22.8 Å². The molecule has 2 amide bonds. The summed E-state index contributed by atoms with van der Waals surface area (Å²) in [5.74, 6) is -1.09. The molecular weight excluding hydrogens is 484 g/mol. The van der Waals surface area contributed by atoms with Crippen LogP contribution >= 0.6 is 46.6 Å². The Balaban J connectivity index is 2.20. The zero-order valence-corrected chi connectivity index (χ0v) is 17.9. The number of amides is 2. The van der Waals surface area contributed by atoms with Crippen molar-refractivity contribution < 1.29 is 22.8 Å². The average molecular weight is 496 g/mol. The minimum Gasteiger partial charge on any atom is -0.311 e. The molecule has 1 heterocycles. The molecule has 1 saturated heterocycles. The van der Waals surface area contributed by atoms with Gasteiger partial charge in [-0.1, -0.05) is 95.1 Å². The topological polar surface area (TPSA) is 49.4 Å². The van der Waals surface area contributed by atoms with E-state index in [1.54, 1.807) is 24.3 Å². The fraction of sp³-hybridized carbons (Fsp3) is 0.158. The number of benzene rings is 2. The predicted octanol–water partition coefficient (Wildman–Crippen LogP) is 6.15. The number of ketones is 1. The van der Waals surface area contributed by atoms with Crippen molar-refractivity contribution in [3.05, 3.63) is 77.3 Å². The van der Waals surface area contributed by atoms with Crippen molar-refractivity contribution >= 4 is 64.1 Å². The fourth-order valence-corrected chi connectivity index (χ4v) is 4.17. The Kier molecular flexibility index (Phi) is 6.34. The highest BCUT2D eigenvalue weighted by atomic mass is 35.6. The summed E-state index contributed by atoms with van der Waals surface area (Å²) in [6, 6.07) is 13.6. The molecule has 2 aromatic carbocycles. The van der Waals surface area contributed by atoms with E-state index in [0.29, 0.717) is 0 Å². The monoisotopic (exact) mass is 494 g/mol. The highest BCUT2D eigenvalue weighted by molar-refractivity contribution is 8.04. The van der Waals surface area contributed by atoms with Gasteiger partial charge >= 0.3 is 12.2 Å². The van der Waals surface area contributed by atoms with Gasteiger partial charge in [-0.25, -0.2) is 4.79 Å². The zero-order valence-electron chi connectivity index (χ0n) is 14.8. The lowest BCUT2D eigenvalue weighted by atomic mass is 10.1. The molecule has 0 radical (unpaired) electrons. The summed E-state index contributed by atoms with van der Waals surface area (Å²) in [7, 11) is 0. The van der Waals surface area contributed by atoms with Gasteiger partial charge in [0.1, 0.15) is 0 Å². The van der Waals surface area contributed by atoms with Gasteiger partial charge in [0.15, 0.2) is 0 Å². The number of nitrogens with zero attached hydrogens (tertiary/aromatic N) is 1. The van der Waals surface area contributed by atoms with Crippen LogP contribution in [0, 0.1) is 0 Å². The molecule has 0 spiro atoms. The minimum absolute atomic E-state index is 0.223. The number of para-hydroxylation sites is 1. The van der Waals surface area contributed by atoms with E-state index in [1.807, 2.05) is 0 Å². The molecule has 30 heavy (non-hydrogen) atoms. The number of carbonyl (C=O) groups excluding carboxylic acids is 2. The van der Waals surface area contributed by atoms with Crippen LogP contribution in [0.3, 0.4) is 0 Å². The summed E-state index contributed by atoms with van der Waals surface area (Å²) < 4.78 is 40.5. The third-order valence-electron chi connectivity index (χ3n) is 4.09. The molecule has 11 heteroatoms. The lowest BCUT2D eigenvalue weighted by Gasteiger charge is -2.44. The third kappa shape index (κ3) is 4.42. The maximum Gasteiger partial charge on any atom is 0.425 e. The van der Waals surface area contributed by atoms with Crippen molar-refractivity contribution in [3.8, 4) is 0 Å². The zero-order chi connectivity index (χ0) is 22.2. The standard InChI is InChI=1S/C19H12Cl3F3N2O2S/c20-18(21,22)14(28)11-15-27(13-9-5-2-6-10-13)16(29)26-17(30-15,19(23,24)25)12-7-3-1-4-8-12/h1-11H,(H,26,29)/b15-11-. The molecular formula is C19H12Cl3F3N2O2S. The first-order valence-electron chi connectivity index (χ1n) is 8.27. The van der Waals surface area contributed by atoms with Crippen LogP contribution in [-0.4, -0.2) is 21.8 Å². The number of halogens is 6. The Morgan fingerprint density at radius 3 is 2.03 bits per heavy atom.